The van der Waals surface area contributed by atoms with E-state index in [4.69, 9.17) is 4.84 Å². The fourth-order valence-corrected chi connectivity index (χ4v) is 4.75. The topological polar surface area (TPSA) is 71.0 Å². The van der Waals surface area contributed by atoms with Crippen molar-refractivity contribution in [1.29, 1.82) is 0 Å². The molecule has 1 N–H and O–H groups in total. The highest BCUT2D eigenvalue weighted by atomic mass is 16.7. The number of oxime groups is 1. The highest BCUT2D eigenvalue weighted by Gasteiger charge is 2.45. The van der Waals surface area contributed by atoms with Gasteiger partial charge in [-0.05, 0) is 44.1 Å². The van der Waals surface area contributed by atoms with E-state index in [2.05, 4.69) is 10.5 Å². The summed E-state index contributed by atoms with van der Waals surface area (Å²) in [5.74, 6) is 0.595. The summed E-state index contributed by atoms with van der Waals surface area (Å²) in [6, 6.07) is 8.09. The van der Waals surface area contributed by atoms with E-state index in [9.17, 15) is 9.59 Å². The molecule has 6 nitrogen and oxygen atoms in total. The Morgan fingerprint density at radius 1 is 1.21 bits per heavy atom. The Morgan fingerprint density at radius 2 is 1.97 bits per heavy atom. The summed E-state index contributed by atoms with van der Waals surface area (Å²) in [6.45, 7) is 3.83. The molecule has 1 saturated carbocycles. The molecular formula is C23H31N3O3. The number of benzene rings is 1. The average Bonchev–Trinajstić information content (AvgIpc) is 3.38. The van der Waals surface area contributed by atoms with Crippen molar-refractivity contribution in [2.45, 2.75) is 70.4 Å². The second-order valence-electron chi connectivity index (χ2n) is 8.93. The number of nitrogens with zero attached hydrogens (tertiary/aromatic N) is 2. The number of piperidine rings is 1. The molecule has 0 bridgehead atoms. The van der Waals surface area contributed by atoms with Crippen LogP contribution in [0.5, 0.6) is 0 Å². The molecule has 4 rings (SSSR count). The lowest BCUT2D eigenvalue weighted by Gasteiger charge is -2.38. The van der Waals surface area contributed by atoms with Gasteiger partial charge < -0.3 is 15.1 Å². The van der Waals surface area contributed by atoms with E-state index in [0.717, 1.165) is 24.9 Å². The quantitative estimate of drug-likeness (QED) is 0.828. The van der Waals surface area contributed by atoms with E-state index in [0.29, 0.717) is 37.6 Å². The van der Waals surface area contributed by atoms with Gasteiger partial charge in [-0.3, -0.25) is 9.59 Å². The molecule has 3 aliphatic rings. The van der Waals surface area contributed by atoms with Crippen molar-refractivity contribution in [2.75, 3.05) is 13.1 Å². The van der Waals surface area contributed by atoms with Gasteiger partial charge in [0.1, 0.15) is 5.71 Å². The highest BCUT2D eigenvalue weighted by molar-refractivity contribution is 6.39. The van der Waals surface area contributed by atoms with Crippen molar-refractivity contribution in [3.05, 3.63) is 35.4 Å². The molecule has 2 aliphatic heterocycles. The Morgan fingerprint density at radius 3 is 2.72 bits per heavy atom. The Balaban J connectivity index is 1.29. The smallest absolute Gasteiger partial charge is 0.269 e. The van der Waals surface area contributed by atoms with Gasteiger partial charge in [-0.25, -0.2) is 0 Å². The number of amides is 2. The maximum atomic E-state index is 12.7. The molecule has 2 heterocycles. The molecule has 0 aromatic heterocycles. The summed E-state index contributed by atoms with van der Waals surface area (Å²) < 4.78 is 0. The van der Waals surface area contributed by atoms with E-state index in [1.165, 1.54) is 31.2 Å². The lowest BCUT2D eigenvalue weighted by molar-refractivity contribution is -0.141. The van der Waals surface area contributed by atoms with Gasteiger partial charge in [0, 0.05) is 25.9 Å². The summed E-state index contributed by atoms with van der Waals surface area (Å²) in [5.41, 5.74) is 2.15. The van der Waals surface area contributed by atoms with E-state index in [-0.39, 0.29) is 11.8 Å². The first-order valence-corrected chi connectivity index (χ1v) is 10.9. The number of hydrogen-bond acceptors (Lipinski definition) is 4. The van der Waals surface area contributed by atoms with Crippen molar-refractivity contribution in [3.8, 4) is 0 Å². The largest absolute Gasteiger partial charge is 0.386 e. The van der Waals surface area contributed by atoms with Crippen LogP contribution in [0.25, 0.3) is 0 Å². The van der Waals surface area contributed by atoms with Gasteiger partial charge in [0.2, 0.25) is 5.91 Å². The monoisotopic (exact) mass is 397 g/mol. The van der Waals surface area contributed by atoms with Crippen molar-refractivity contribution in [1.82, 2.24) is 10.2 Å². The zero-order chi connectivity index (χ0) is 20.3. The molecule has 1 aromatic rings. The number of likely N-dealkylation sites (tertiary alicyclic amines) is 1. The van der Waals surface area contributed by atoms with Crippen LogP contribution >= 0.6 is 0 Å². The van der Waals surface area contributed by atoms with Crippen LogP contribution in [0.1, 0.15) is 62.5 Å². The third kappa shape index (κ3) is 4.80. The third-order valence-electron chi connectivity index (χ3n) is 6.51. The van der Waals surface area contributed by atoms with Crippen LogP contribution in [0.15, 0.2) is 29.4 Å². The van der Waals surface area contributed by atoms with E-state index in [1.807, 2.05) is 36.1 Å². The lowest BCUT2D eigenvalue weighted by atomic mass is 9.87. The van der Waals surface area contributed by atoms with E-state index >= 15 is 0 Å². The predicted molar refractivity (Wildman–Crippen MR) is 111 cm³/mol. The molecule has 0 radical (unpaired) electrons. The Bertz CT molecular complexity index is 783. The molecule has 1 aliphatic carbocycles. The average molecular weight is 398 g/mol. The maximum absolute atomic E-state index is 12.7. The SMILES string of the molecule is Cc1ccc(CNC(=O)C2=NOC3(CCCN(C(=O)CC4CCCC4)C3)C2)cc1. The second-order valence-corrected chi connectivity index (χ2v) is 8.93. The van der Waals surface area contributed by atoms with E-state index < -0.39 is 5.60 Å². The third-order valence-corrected chi connectivity index (χ3v) is 6.51. The van der Waals surface area contributed by atoms with Crippen LogP contribution in [0.2, 0.25) is 0 Å². The first-order chi connectivity index (χ1) is 14.0. The summed E-state index contributed by atoms with van der Waals surface area (Å²) in [4.78, 5) is 33.0. The molecule has 1 spiro atoms. The zero-order valence-electron chi connectivity index (χ0n) is 17.3. The lowest BCUT2D eigenvalue weighted by Crippen LogP contribution is -2.51. The van der Waals surface area contributed by atoms with Gasteiger partial charge in [-0.15, -0.1) is 0 Å². The van der Waals surface area contributed by atoms with Crippen molar-refractivity contribution < 1.29 is 14.4 Å². The van der Waals surface area contributed by atoms with Crippen LogP contribution in [-0.4, -0.2) is 41.1 Å². The minimum Gasteiger partial charge on any atom is -0.386 e. The van der Waals surface area contributed by atoms with Crippen LogP contribution < -0.4 is 5.32 Å². The second kappa shape index (κ2) is 8.56. The van der Waals surface area contributed by atoms with Crippen LogP contribution in [0.4, 0.5) is 0 Å². The minimum absolute atomic E-state index is 0.183. The van der Waals surface area contributed by atoms with Gasteiger partial charge in [0.25, 0.3) is 5.91 Å². The van der Waals surface area contributed by atoms with Gasteiger partial charge in [0.05, 0.1) is 6.54 Å². The number of carbonyl (C=O) groups is 2. The van der Waals surface area contributed by atoms with Gasteiger partial charge in [-0.2, -0.15) is 0 Å². The molecular weight excluding hydrogens is 366 g/mol. The molecule has 1 aromatic carbocycles. The fraction of sp³-hybridized carbons (Fsp3) is 0.609. The summed E-state index contributed by atoms with van der Waals surface area (Å²) in [7, 11) is 0. The number of aryl methyl sites for hydroxylation is 1. The molecule has 2 fully saturated rings. The zero-order valence-corrected chi connectivity index (χ0v) is 17.3. The van der Waals surface area contributed by atoms with Gasteiger partial charge >= 0.3 is 0 Å². The standard InChI is InChI=1S/C23H31N3O3/c1-17-7-9-19(10-8-17)15-24-22(28)20-14-23(29-25-20)11-4-12-26(16-23)21(27)13-18-5-2-3-6-18/h7-10,18H,2-6,11-16H2,1H3,(H,24,28). The molecule has 2 amide bonds. The molecule has 156 valence electrons. The van der Waals surface area contributed by atoms with Gasteiger partial charge in [-0.1, -0.05) is 47.8 Å². The minimum atomic E-state index is -0.528. The summed E-state index contributed by atoms with van der Waals surface area (Å²) in [6.07, 6.45) is 7.70. The highest BCUT2D eigenvalue weighted by Crippen LogP contribution is 2.35. The molecule has 1 unspecified atom stereocenters. The molecule has 29 heavy (non-hydrogen) atoms. The van der Waals surface area contributed by atoms with Gasteiger partial charge in [0.15, 0.2) is 5.60 Å². The van der Waals surface area contributed by atoms with Crippen LogP contribution in [0, 0.1) is 12.8 Å². The summed E-state index contributed by atoms with van der Waals surface area (Å²) >= 11 is 0. The number of rotatable bonds is 5. The maximum Gasteiger partial charge on any atom is 0.269 e. The summed E-state index contributed by atoms with van der Waals surface area (Å²) in [5, 5.41) is 7.04. The van der Waals surface area contributed by atoms with Crippen molar-refractivity contribution in [2.24, 2.45) is 11.1 Å². The van der Waals surface area contributed by atoms with E-state index in [1.54, 1.807) is 0 Å². The van der Waals surface area contributed by atoms with Crippen molar-refractivity contribution in [3.63, 3.8) is 0 Å². The molecule has 6 heteroatoms. The number of carbonyl (C=O) groups excluding carboxylic acids is 2. The Hall–Kier alpha value is -2.37. The first kappa shape index (κ1) is 19.9. The Labute approximate surface area is 172 Å². The normalized spacial score (nSPS) is 24.4. The molecule has 1 atom stereocenters. The fourth-order valence-electron chi connectivity index (χ4n) is 4.75. The number of hydrogen-bond donors (Lipinski definition) is 1. The number of nitrogens with one attached hydrogen (secondary N) is 1. The Kier molecular flexibility index (Phi) is 5.88. The molecule has 1 saturated heterocycles. The van der Waals surface area contributed by atoms with Crippen LogP contribution in [0.3, 0.4) is 0 Å². The van der Waals surface area contributed by atoms with Crippen LogP contribution in [-0.2, 0) is 21.0 Å². The first-order valence-electron chi connectivity index (χ1n) is 10.9. The van der Waals surface area contributed by atoms with Crippen molar-refractivity contribution >= 4 is 17.5 Å². The predicted octanol–water partition coefficient (Wildman–Crippen LogP) is 3.33.